The smallest absolute Gasteiger partial charge is 0.244 e. The summed E-state index contributed by atoms with van der Waals surface area (Å²) in [6, 6.07) is 1.57. The van der Waals surface area contributed by atoms with E-state index in [1.165, 1.54) is 17.7 Å². The summed E-state index contributed by atoms with van der Waals surface area (Å²) in [5.41, 5.74) is 0. The van der Waals surface area contributed by atoms with Gasteiger partial charge in [0.25, 0.3) is 0 Å². The predicted octanol–water partition coefficient (Wildman–Crippen LogP) is 1.69. The summed E-state index contributed by atoms with van der Waals surface area (Å²) in [7, 11) is 1.66. The molecule has 20 heavy (non-hydrogen) atoms. The van der Waals surface area contributed by atoms with Gasteiger partial charge >= 0.3 is 0 Å². The van der Waals surface area contributed by atoms with Gasteiger partial charge in [0.2, 0.25) is 11.8 Å². The average Bonchev–Trinajstić information content (AvgIpc) is 2.89. The molecular weight excluding hydrogens is 254 g/mol. The molecule has 0 saturated heterocycles. The molecule has 5 heteroatoms. The highest BCUT2D eigenvalue weighted by Crippen LogP contribution is 2.27. The van der Waals surface area contributed by atoms with E-state index in [1.807, 2.05) is 0 Å². The van der Waals surface area contributed by atoms with Crippen molar-refractivity contribution in [1.82, 2.24) is 10.2 Å². The lowest BCUT2D eigenvalue weighted by atomic mass is 10.0. The minimum absolute atomic E-state index is 0.0421. The highest BCUT2D eigenvalue weighted by atomic mass is 16.2. The molecule has 0 aromatic carbocycles. The summed E-state index contributed by atoms with van der Waals surface area (Å²) in [5, 5.41) is 11.5. The molecule has 1 N–H and O–H groups in total. The van der Waals surface area contributed by atoms with Gasteiger partial charge < -0.3 is 10.2 Å². The normalized spacial score (nSPS) is 18.1. The Bertz CT molecular complexity index is 383. The number of carbonyl (C=O) groups is 2. The van der Waals surface area contributed by atoms with Crippen LogP contribution in [-0.4, -0.2) is 36.3 Å². The van der Waals surface area contributed by atoms with E-state index in [4.69, 9.17) is 5.26 Å². The third-order valence-corrected chi connectivity index (χ3v) is 3.84. The second-order valence-electron chi connectivity index (χ2n) is 5.89. The van der Waals surface area contributed by atoms with Gasteiger partial charge in [-0.15, -0.1) is 0 Å². The molecule has 0 heterocycles. The number of rotatable bonds is 6. The molecule has 1 fully saturated rings. The highest BCUT2D eigenvalue weighted by molar-refractivity contribution is 5.87. The van der Waals surface area contributed by atoms with Crippen LogP contribution in [0.5, 0.6) is 0 Å². The second kappa shape index (κ2) is 7.88. The first-order chi connectivity index (χ1) is 9.43. The molecule has 0 radical (unpaired) electrons. The second-order valence-corrected chi connectivity index (χ2v) is 5.89. The SMILES string of the molecule is C[C@H](NC(=O)CC1CCCC1)C(=O)N(C)C[C@@H](C)C#N. The van der Waals surface area contributed by atoms with Gasteiger partial charge in [-0.05, 0) is 32.6 Å². The van der Waals surface area contributed by atoms with Crippen molar-refractivity contribution in [3.8, 4) is 6.07 Å². The van der Waals surface area contributed by atoms with Crippen molar-refractivity contribution in [2.75, 3.05) is 13.6 Å². The molecule has 0 aromatic rings. The number of nitrogens with one attached hydrogen (secondary N) is 1. The molecule has 0 aromatic heterocycles. The fraction of sp³-hybridized carbons (Fsp3) is 0.800. The van der Waals surface area contributed by atoms with Crippen molar-refractivity contribution >= 4 is 11.8 Å². The van der Waals surface area contributed by atoms with E-state index in [0.717, 1.165) is 12.8 Å². The summed E-state index contributed by atoms with van der Waals surface area (Å²) in [6.45, 7) is 3.85. The van der Waals surface area contributed by atoms with E-state index in [0.29, 0.717) is 18.9 Å². The minimum Gasteiger partial charge on any atom is -0.345 e. The number of hydrogen-bond donors (Lipinski definition) is 1. The topological polar surface area (TPSA) is 73.2 Å². The Kier molecular flexibility index (Phi) is 6.50. The average molecular weight is 279 g/mol. The summed E-state index contributed by atoms with van der Waals surface area (Å²) in [6.07, 6.45) is 5.18. The van der Waals surface area contributed by atoms with Crippen molar-refractivity contribution in [2.24, 2.45) is 11.8 Å². The van der Waals surface area contributed by atoms with E-state index >= 15 is 0 Å². The monoisotopic (exact) mass is 279 g/mol. The quantitative estimate of drug-likeness (QED) is 0.804. The molecule has 0 bridgehead atoms. The van der Waals surface area contributed by atoms with Crippen LogP contribution >= 0.6 is 0 Å². The highest BCUT2D eigenvalue weighted by Gasteiger charge is 2.23. The van der Waals surface area contributed by atoms with E-state index in [1.54, 1.807) is 20.9 Å². The number of hydrogen-bond acceptors (Lipinski definition) is 3. The minimum atomic E-state index is -0.528. The van der Waals surface area contributed by atoms with Gasteiger partial charge in [-0.1, -0.05) is 12.8 Å². The third kappa shape index (κ3) is 5.20. The van der Waals surface area contributed by atoms with Crippen LogP contribution in [0.3, 0.4) is 0 Å². The van der Waals surface area contributed by atoms with Crippen molar-refractivity contribution in [2.45, 2.75) is 52.0 Å². The van der Waals surface area contributed by atoms with Crippen LogP contribution in [0.4, 0.5) is 0 Å². The Balaban J connectivity index is 2.36. The molecule has 0 unspecified atom stereocenters. The number of nitrogens with zero attached hydrogens (tertiary/aromatic N) is 2. The summed E-state index contributed by atoms with van der Waals surface area (Å²) in [4.78, 5) is 25.5. The van der Waals surface area contributed by atoms with Crippen molar-refractivity contribution in [3.63, 3.8) is 0 Å². The Morgan fingerprint density at radius 2 is 1.95 bits per heavy atom. The van der Waals surface area contributed by atoms with Gasteiger partial charge in [-0.2, -0.15) is 5.26 Å². The largest absolute Gasteiger partial charge is 0.345 e. The molecule has 1 aliphatic rings. The first kappa shape index (κ1) is 16.5. The Labute approximate surface area is 121 Å². The maximum absolute atomic E-state index is 12.1. The molecule has 0 spiro atoms. The predicted molar refractivity (Wildman–Crippen MR) is 76.6 cm³/mol. The van der Waals surface area contributed by atoms with Crippen LogP contribution in [0.25, 0.3) is 0 Å². The molecule has 1 saturated carbocycles. The first-order valence-corrected chi connectivity index (χ1v) is 7.38. The van der Waals surface area contributed by atoms with E-state index in [9.17, 15) is 9.59 Å². The van der Waals surface area contributed by atoms with Crippen molar-refractivity contribution in [1.29, 1.82) is 5.26 Å². The van der Waals surface area contributed by atoms with Crippen LogP contribution in [0.15, 0.2) is 0 Å². The van der Waals surface area contributed by atoms with Crippen LogP contribution < -0.4 is 5.32 Å². The Morgan fingerprint density at radius 3 is 2.50 bits per heavy atom. The maximum Gasteiger partial charge on any atom is 0.244 e. The zero-order chi connectivity index (χ0) is 15.1. The number of nitriles is 1. The lowest BCUT2D eigenvalue weighted by Crippen LogP contribution is -2.46. The molecule has 0 aliphatic heterocycles. The Morgan fingerprint density at radius 1 is 1.35 bits per heavy atom. The van der Waals surface area contributed by atoms with Crippen molar-refractivity contribution < 1.29 is 9.59 Å². The van der Waals surface area contributed by atoms with Gasteiger partial charge in [0.15, 0.2) is 0 Å². The zero-order valence-electron chi connectivity index (χ0n) is 12.7. The Hall–Kier alpha value is -1.57. The molecular formula is C15H25N3O2. The van der Waals surface area contributed by atoms with Gasteiger partial charge in [-0.25, -0.2) is 0 Å². The summed E-state index contributed by atoms with van der Waals surface area (Å²) >= 11 is 0. The zero-order valence-corrected chi connectivity index (χ0v) is 12.7. The molecule has 2 atom stereocenters. The van der Waals surface area contributed by atoms with Gasteiger partial charge in [-0.3, -0.25) is 9.59 Å². The van der Waals surface area contributed by atoms with Gasteiger partial charge in [0, 0.05) is 20.0 Å². The molecule has 1 rings (SSSR count). The summed E-state index contributed by atoms with van der Waals surface area (Å²) < 4.78 is 0. The lowest BCUT2D eigenvalue weighted by Gasteiger charge is -2.23. The van der Waals surface area contributed by atoms with Gasteiger partial charge in [0.1, 0.15) is 6.04 Å². The maximum atomic E-state index is 12.1. The van der Waals surface area contributed by atoms with Crippen LogP contribution in [0.1, 0.15) is 46.0 Å². The molecule has 1 aliphatic carbocycles. The molecule has 2 amide bonds. The first-order valence-electron chi connectivity index (χ1n) is 7.38. The van der Waals surface area contributed by atoms with Crippen LogP contribution in [0.2, 0.25) is 0 Å². The van der Waals surface area contributed by atoms with E-state index < -0.39 is 6.04 Å². The number of likely N-dealkylation sites (N-methyl/N-ethyl adjacent to an activating group) is 1. The molecule has 5 nitrogen and oxygen atoms in total. The molecule has 112 valence electrons. The third-order valence-electron chi connectivity index (χ3n) is 3.84. The lowest BCUT2D eigenvalue weighted by molar-refractivity contribution is -0.135. The number of amides is 2. The van der Waals surface area contributed by atoms with E-state index in [2.05, 4.69) is 11.4 Å². The summed E-state index contributed by atoms with van der Waals surface area (Å²) in [5.74, 6) is 0.0883. The fourth-order valence-electron chi connectivity index (χ4n) is 2.71. The fourth-order valence-corrected chi connectivity index (χ4v) is 2.71. The number of carbonyl (C=O) groups excluding carboxylic acids is 2. The van der Waals surface area contributed by atoms with Gasteiger partial charge in [0.05, 0.1) is 12.0 Å². The van der Waals surface area contributed by atoms with Crippen molar-refractivity contribution in [3.05, 3.63) is 0 Å². The van der Waals surface area contributed by atoms with E-state index in [-0.39, 0.29) is 17.7 Å². The standard InChI is InChI=1S/C15H25N3O2/c1-11(9-16)10-18(3)15(20)12(2)17-14(19)8-13-6-4-5-7-13/h11-13H,4-8,10H2,1-3H3,(H,17,19)/t11-,12-/m0/s1. The van der Waals surface area contributed by atoms with Crippen LogP contribution in [0, 0.1) is 23.2 Å². The van der Waals surface area contributed by atoms with Crippen LogP contribution in [-0.2, 0) is 9.59 Å².